The Hall–Kier alpha value is -0.245. The van der Waals surface area contributed by atoms with E-state index in [-0.39, 0.29) is 0 Å². The molecule has 0 aromatic heterocycles. The summed E-state index contributed by atoms with van der Waals surface area (Å²) in [5.41, 5.74) is 0.362. The van der Waals surface area contributed by atoms with Crippen LogP contribution in [0.4, 0.5) is 0 Å². The van der Waals surface area contributed by atoms with Crippen molar-refractivity contribution in [2.75, 3.05) is 7.05 Å². The minimum Gasteiger partial charge on any atom is -0.347 e. The predicted molar refractivity (Wildman–Crippen MR) is 122 cm³/mol. The fraction of sp³-hybridized carbons (Fsp3) is 0.955. The van der Waals surface area contributed by atoms with Crippen LogP contribution >= 0.6 is 12.2 Å². The Morgan fingerprint density at radius 1 is 1.27 bits per heavy atom. The van der Waals surface area contributed by atoms with Crippen molar-refractivity contribution in [3.63, 3.8) is 0 Å². The zero-order chi connectivity index (χ0) is 19.9. The van der Waals surface area contributed by atoms with Crippen LogP contribution in [0.25, 0.3) is 0 Å². The largest absolute Gasteiger partial charge is 0.347 e. The van der Waals surface area contributed by atoms with Gasteiger partial charge in [0.1, 0.15) is 7.85 Å². The second kappa shape index (κ2) is 8.01. The minimum atomic E-state index is 0.362. The highest BCUT2D eigenvalue weighted by molar-refractivity contribution is 7.80. The summed E-state index contributed by atoms with van der Waals surface area (Å²) in [5, 5.41) is 1.46. The molecule has 5 atom stereocenters. The van der Waals surface area contributed by atoms with Crippen molar-refractivity contribution in [3.8, 4) is 0 Å². The second-order valence-corrected chi connectivity index (χ2v) is 11.1. The van der Waals surface area contributed by atoms with Gasteiger partial charge in [0.15, 0.2) is 5.11 Å². The predicted octanol–water partition coefficient (Wildman–Crippen LogP) is 5.13. The number of nitrogens with zero attached hydrogens (tertiary/aromatic N) is 2. The lowest BCUT2D eigenvalue weighted by Crippen LogP contribution is -2.42. The van der Waals surface area contributed by atoms with Crippen molar-refractivity contribution in [1.29, 1.82) is 0 Å². The molecule has 0 aromatic rings. The van der Waals surface area contributed by atoms with Crippen molar-refractivity contribution >= 4 is 25.2 Å². The highest BCUT2D eigenvalue weighted by Gasteiger charge is 2.52. The number of thiocarbonyl (C=S) groups is 1. The molecule has 0 radical (unpaired) electrons. The molecule has 4 heteroatoms. The Kier molecular flexibility index (Phi) is 6.79. The first kappa shape index (κ1) is 22.0. The molecule has 5 unspecified atom stereocenters. The molecule has 2 fully saturated rings. The van der Waals surface area contributed by atoms with E-state index in [4.69, 9.17) is 12.2 Å². The van der Waals surface area contributed by atoms with Crippen molar-refractivity contribution in [1.82, 2.24) is 9.80 Å². The standard InChI is InChI=1S/C22H43BN2S/c1-9-10-11-16(4)21(5,6)19-14-18-17(12-13-22(19,7)23)25(15(2)3)20(26)24(18)8/h15-19H,9-14,23H2,1-8H3. The molecule has 2 aliphatic rings. The topological polar surface area (TPSA) is 6.48 Å². The van der Waals surface area contributed by atoms with Crippen LogP contribution in [0.15, 0.2) is 0 Å². The summed E-state index contributed by atoms with van der Waals surface area (Å²) in [5.74, 6) is 1.50. The lowest BCUT2D eigenvalue weighted by molar-refractivity contribution is 0.0661. The molecule has 0 aromatic carbocycles. The third kappa shape index (κ3) is 3.96. The van der Waals surface area contributed by atoms with Crippen LogP contribution in [0.5, 0.6) is 0 Å². The molecule has 0 spiro atoms. The van der Waals surface area contributed by atoms with Crippen molar-refractivity contribution in [2.24, 2.45) is 17.3 Å². The lowest BCUT2D eigenvalue weighted by Gasteiger charge is -2.48. The second-order valence-electron chi connectivity index (χ2n) is 10.7. The van der Waals surface area contributed by atoms with Crippen LogP contribution < -0.4 is 0 Å². The lowest BCUT2D eigenvalue weighted by atomic mass is 9.50. The van der Waals surface area contributed by atoms with Crippen LogP contribution in [0, 0.1) is 17.3 Å². The van der Waals surface area contributed by atoms with Gasteiger partial charge in [-0.3, -0.25) is 0 Å². The molecule has 2 nitrogen and oxygen atoms in total. The highest BCUT2D eigenvalue weighted by Crippen LogP contribution is 2.56. The smallest absolute Gasteiger partial charge is 0.172 e. The zero-order valence-corrected chi connectivity index (χ0v) is 19.7. The highest BCUT2D eigenvalue weighted by atomic mass is 32.1. The summed E-state index contributed by atoms with van der Waals surface area (Å²) < 4.78 is 0. The molecule has 2 rings (SSSR count). The van der Waals surface area contributed by atoms with E-state index < -0.39 is 0 Å². The van der Waals surface area contributed by atoms with Crippen LogP contribution in [0.3, 0.4) is 0 Å². The fourth-order valence-corrected chi connectivity index (χ4v) is 6.43. The van der Waals surface area contributed by atoms with E-state index in [1.807, 2.05) is 0 Å². The summed E-state index contributed by atoms with van der Waals surface area (Å²) in [6, 6.07) is 1.67. The number of hydrogen-bond acceptors (Lipinski definition) is 1. The van der Waals surface area contributed by atoms with Gasteiger partial charge in [-0.25, -0.2) is 0 Å². The first-order chi connectivity index (χ1) is 11.9. The first-order valence-electron chi connectivity index (χ1n) is 11.0. The molecule has 1 aliphatic heterocycles. The number of unbranched alkanes of at least 4 members (excludes halogenated alkanes) is 1. The number of fused-ring (bicyclic) bond motifs is 1. The average molecular weight is 378 g/mol. The molecule has 26 heavy (non-hydrogen) atoms. The van der Waals surface area contributed by atoms with E-state index >= 15 is 0 Å². The Labute approximate surface area is 169 Å². The summed E-state index contributed by atoms with van der Waals surface area (Å²) >= 11 is 5.85. The molecule has 1 aliphatic carbocycles. The maximum Gasteiger partial charge on any atom is 0.172 e. The van der Waals surface area contributed by atoms with Crippen LogP contribution in [0.1, 0.15) is 87.0 Å². The summed E-state index contributed by atoms with van der Waals surface area (Å²) in [7, 11) is 4.77. The summed E-state index contributed by atoms with van der Waals surface area (Å²) in [4.78, 5) is 4.97. The average Bonchev–Trinajstić information content (AvgIpc) is 2.68. The van der Waals surface area contributed by atoms with Gasteiger partial charge in [0, 0.05) is 13.1 Å². The van der Waals surface area contributed by atoms with E-state index in [1.165, 1.54) is 38.5 Å². The zero-order valence-electron chi connectivity index (χ0n) is 18.9. The molecule has 1 heterocycles. The molecule has 1 saturated carbocycles. The van der Waals surface area contributed by atoms with Crippen molar-refractivity contribution in [3.05, 3.63) is 0 Å². The van der Waals surface area contributed by atoms with Gasteiger partial charge in [0.05, 0.1) is 12.1 Å². The Morgan fingerprint density at radius 2 is 1.88 bits per heavy atom. The first-order valence-corrected chi connectivity index (χ1v) is 11.4. The summed E-state index contributed by atoms with van der Waals surface area (Å²) in [6.07, 6.45) is 7.88. The van der Waals surface area contributed by atoms with Gasteiger partial charge in [-0.15, -0.1) is 0 Å². The Morgan fingerprint density at radius 3 is 2.42 bits per heavy atom. The van der Waals surface area contributed by atoms with E-state index in [0.29, 0.717) is 28.9 Å². The SMILES string of the molecule is BC1(C)CCC2C(CC1C(C)(C)C(C)CCCC)N(C)C(=S)N2C(C)C. The minimum absolute atomic E-state index is 0.362. The van der Waals surface area contributed by atoms with Crippen LogP contribution in [-0.2, 0) is 0 Å². The molecular formula is C22H43BN2S. The molecule has 1 saturated heterocycles. The van der Waals surface area contributed by atoms with E-state index in [2.05, 4.69) is 73.2 Å². The quantitative estimate of drug-likeness (QED) is 0.467. The third-order valence-corrected chi connectivity index (χ3v) is 8.54. The van der Waals surface area contributed by atoms with E-state index in [9.17, 15) is 0 Å². The van der Waals surface area contributed by atoms with Gasteiger partial charge in [0.2, 0.25) is 0 Å². The van der Waals surface area contributed by atoms with Crippen LogP contribution in [-0.4, -0.2) is 47.9 Å². The van der Waals surface area contributed by atoms with Gasteiger partial charge in [-0.1, -0.05) is 65.6 Å². The van der Waals surface area contributed by atoms with Gasteiger partial charge in [0.25, 0.3) is 0 Å². The molecular weight excluding hydrogens is 335 g/mol. The monoisotopic (exact) mass is 378 g/mol. The molecule has 0 amide bonds. The van der Waals surface area contributed by atoms with Crippen molar-refractivity contribution in [2.45, 2.75) is 110 Å². The normalized spacial score (nSPS) is 34.2. The number of hydrogen-bond donors (Lipinski definition) is 0. The molecule has 150 valence electrons. The van der Waals surface area contributed by atoms with Crippen LogP contribution in [0.2, 0.25) is 5.31 Å². The maximum absolute atomic E-state index is 5.85. The Balaban J connectivity index is 2.32. The summed E-state index contributed by atoms with van der Waals surface area (Å²) in [6.45, 7) is 17.0. The van der Waals surface area contributed by atoms with Gasteiger partial charge in [-0.2, -0.15) is 0 Å². The van der Waals surface area contributed by atoms with E-state index in [1.54, 1.807) is 0 Å². The van der Waals surface area contributed by atoms with E-state index in [0.717, 1.165) is 16.9 Å². The third-order valence-electron chi connectivity index (χ3n) is 8.04. The van der Waals surface area contributed by atoms with Gasteiger partial charge >= 0.3 is 0 Å². The molecule has 0 N–H and O–H groups in total. The van der Waals surface area contributed by atoms with Gasteiger partial charge < -0.3 is 9.80 Å². The number of likely N-dealkylation sites (N-methyl/N-ethyl adjacent to an activating group) is 1. The molecule has 0 bridgehead atoms. The Bertz CT molecular complexity index is 502. The van der Waals surface area contributed by atoms with Crippen molar-refractivity contribution < 1.29 is 0 Å². The maximum atomic E-state index is 5.85. The number of rotatable bonds is 6. The van der Waals surface area contributed by atoms with Gasteiger partial charge in [-0.05, 0) is 56.2 Å². The fourth-order valence-electron chi connectivity index (χ4n) is 5.95.